The van der Waals surface area contributed by atoms with Crippen molar-refractivity contribution in [2.45, 2.75) is 25.7 Å². The van der Waals surface area contributed by atoms with Crippen LogP contribution >= 0.6 is 11.6 Å². The number of β-lactam (4-membered cyclic amide) rings is 1. The average molecular weight is 470 g/mol. The number of aromatic hydroxyl groups is 1. The standard InChI is InChI=1S/C23H21ClFN5O3/c24-14-2-5-17(13(7-14)10-25)28-15-3-6-20(31)16(8-15)18-4-1-12(22(26)30-18)11-27-23(33)19-9-21(32)29-19/h1-8,19,28,31H,9-11H2,(H2,26,30)(H,27,33)(H,29,32). The van der Waals surface area contributed by atoms with E-state index in [4.69, 9.17) is 17.3 Å². The second-order valence-corrected chi connectivity index (χ2v) is 8.01. The van der Waals surface area contributed by atoms with Gasteiger partial charge in [-0.25, -0.2) is 9.37 Å². The summed E-state index contributed by atoms with van der Waals surface area (Å²) in [5.74, 6) is -0.254. The Bertz CT molecular complexity index is 1230. The van der Waals surface area contributed by atoms with Crippen LogP contribution in [0.5, 0.6) is 5.75 Å². The number of nitrogens with two attached hydrogens (primary N) is 1. The average Bonchev–Trinajstić information content (AvgIpc) is 2.78. The fourth-order valence-corrected chi connectivity index (χ4v) is 3.59. The lowest BCUT2D eigenvalue weighted by molar-refractivity contribution is -0.137. The summed E-state index contributed by atoms with van der Waals surface area (Å²) in [5.41, 5.74) is 9.10. The SMILES string of the molecule is Nc1nc(-c2cc(Nc3ccc(Cl)cc3CF)ccc2O)ccc1CNC(=O)C1CC(=O)N1. The van der Waals surface area contributed by atoms with E-state index in [-0.39, 0.29) is 36.3 Å². The van der Waals surface area contributed by atoms with Crippen LogP contribution in [0, 0.1) is 0 Å². The Kier molecular flexibility index (Phi) is 6.32. The van der Waals surface area contributed by atoms with Gasteiger partial charge in [-0.3, -0.25) is 9.59 Å². The van der Waals surface area contributed by atoms with Gasteiger partial charge in [-0.2, -0.15) is 0 Å². The number of nitrogen functional groups attached to an aromatic ring is 1. The predicted molar refractivity (Wildman–Crippen MR) is 124 cm³/mol. The number of halogens is 2. The maximum atomic E-state index is 13.3. The molecule has 3 aromatic rings. The number of anilines is 3. The van der Waals surface area contributed by atoms with Crippen molar-refractivity contribution in [3.63, 3.8) is 0 Å². The van der Waals surface area contributed by atoms with Crippen molar-refractivity contribution >= 4 is 40.6 Å². The van der Waals surface area contributed by atoms with E-state index in [9.17, 15) is 19.1 Å². The number of nitrogens with zero attached hydrogens (tertiary/aromatic N) is 1. The molecule has 1 aliphatic heterocycles. The minimum atomic E-state index is -0.683. The molecule has 0 spiro atoms. The largest absolute Gasteiger partial charge is 0.507 e. The zero-order valence-electron chi connectivity index (χ0n) is 17.4. The number of hydrogen-bond donors (Lipinski definition) is 5. The topological polar surface area (TPSA) is 129 Å². The van der Waals surface area contributed by atoms with Crippen molar-refractivity contribution in [2.24, 2.45) is 0 Å². The van der Waals surface area contributed by atoms with Crippen molar-refractivity contribution in [1.29, 1.82) is 0 Å². The monoisotopic (exact) mass is 469 g/mol. The molecule has 8 nitrogen and oxygen atoms in total. The summed E-state index contributed by atoms with van der Waals surface area (Å²) in [6.07, 6.45) is 0.172. The molecule has 0 radical (unpaired) electrons. The smallest absolute Gasteiger partial charge is 0.243 e. The Balaban J connectivity index is 1.51. The number of pyridine rings is 1. The molecule has 4 rings (SSSR count). The molecule has 1 aliphatic rings. The van der Waals surface area contributed by atoms with Crippen molar-refractivity contribution in [1.82, 2.24) is 15.6 Å². The maximum Gasteiger partial charge on any atom is 0.243 e. The van der Waals surface area contributed by atoms with Crippen LogP contribution in [0.4, 0.5) is 21.6 Å². The number of nitrogens with one attached hydrogen (secondary N) is 3. The van der Waals surface area contributed by atoms with Crippen molar-refractivity contribution < 1.29 is 19.1 Å². The Labute approximate surface area is 194 Å². The fourth-order valence-electron chi connectivity index (χ4n) is 3.39. The first-order valence-electron chi connectivity index (χ1n) is 10.1. The first-order valence-corrected chi connectivity index (χ1v) is 10.5. The Hall–Kier alpha value is -3.85. The molecule has 2 aromatic carbocycles. The van der Waals surface area contributed by atoms with Gasteiger partial charge in [-0.05, 0) is 42.5 Å². The number of phenolic OH excluding ortho intramolecular Hbond substituents is 1. The number of carbonyl (C=O) groups is 2. The molecule has 0 aliphatic carbocycles. The summed E-state index contributed by atoms with van der Waals surface area (Å²) in [5, 5.41) is 19.1. The van der Waals surface area contributed by atoms with Gasteiger partial charge in [-0.1, -0.05) is 17.7 Å². The Morgan fingerprint density at radius 3 is 2.70 bits per heavy atom. The summed E-state index contributed by atoms with van der Waals surface area (Å²) < 4.78 is 13.3. The van der Waals surface area contributed by atoms with Crippen LogP contribution in [0.15, 0.2) is 48.5 Å². The van der Waals surface area contributed by atoms with Gasteiger partial charge < -0.3 is 26.8 Å². The van der Waals surface area contributed by atoms with Gasteiger partial charge in [-0.15, -0.1) is 0 Å². The van der Waals surface area contributed by atoms with Crippen LogP contribution in [0.1, 0.15) is 17.5 Å². The van der Waals surface area contributed by atoms with Crippen molar-refractivity contribution in [3.8, 4) is 17.0 Å². The normalized spacial score (nSPS) is 14.8. The quantitative estimate of drug-likeness (QED) is 0.266. The summed E-state index contributed by atoms with van der Waals surface area (Å²) in [7, 11) is 0. The van der Waals surface area contributed by atoms with E-state index in [0.29, 0.717) is 38.8 Å². The number of benzene rings is 2. The molecule has 170 valence electrons. The Morgan fingerprint density at radius 1 is 1.21 bits per heavy atom. The molecule has 0 bridgehead atoms. The van der Waals surface area contributed by atoms with Crippen LogP contribution in [0.25, 0.3) is 11.3 Å². The first kappa shape index (κ1) is 22.3. The van der Waals surface area contributed by atoms with Crippen molar-refractivity contribution in [3.05, 3.63) is 64.7 Å². The lowest BCUT2D eigenvalue weighted by atomic mass is 10.1. The first-order chi connectivity index (χ1) is 15.8. The molecule has 1 saturated heterocycles. The summed E-state index contributed by atoms with van der Waals surface area (Å²) in [6, 6.07) is 12.6. The van der Waals surface area contributed by atoms with E-state index in [1.165, 1.54) is 6.07 Å². The number of carbonyl (C=O) groups excluding carboxylic acids is 2. The molecule has 0 saturated carbocycles. The molecule has 1 atom stereocenters. The van der Waals surface area contributed by atoms with Gasteiger partial charge in [0.1, 0.15) is 24.3 Å². The van der Waals surface area contributed by atoms with Crippen LogP contribution < -0.4 is 21.7 Å². The number of hydrogen-bond acceptors (Lipinski definition) is 6. The second kappa shape index (κ2) is 9.33. The highest BCUT2D eigenvalue weighted by Gasteiger charge is 2.31. The lowest BCUT2D eigenvalue weighted by Crippen LogP contribution is -2.56. The maximum absolute atomic E-state index is 13.3. The van der Waals surface area contributed by atoms with Gasteiger partial charge in [0.15, 0.2) is 0 Å². The lowest BCUT2D eigenvalue weighted by Gasteiger charge is -2.25. The fraction of sp³-hybridized carbons (Fsp3) is 0.174. The highest BCUT2D eigenvalue weighted by molar-refractivity contribution is 6.30. The predicted octanol–water partition coefficient (Wildman–Crippen LogP) is 3.41. The van der Waals surface area contributed by atoms with Crippen LogP contribution in [0.3, 0.4) is 0 Å². The minimum absolute atomic E-state index is 0.00366. The highest BCUT2D eigenvalue weighted by atomic mass is 35.5. The molecule has 1 unspecified atom stereocenters. The van der Waals surface area contributed by atoms with Gasteiger partial charge in [0.25, 0.3) is 0 Å². The molecule has 2 heterocycles. The van der Waals surface area contributed by atoms with Crippen LogP contribution in [0.2, 0.25) is 5.02 Å². The molecule has 1 aromatic heterocycles. The van der Waals surface area contributed by atoms with Gasteiger partial charge in [0, 0.05) is 39.6 Å². The minimum Gasteiger partial charge on any atom is -0.507 e. The zero-order chi connectivity index (χ0) is 23.5. The van der Waals surface area contributed by atoms with E-state index < -0.39 is 12.7 Å². The summed E-state index contributed by atoms with van der Waals surface area (Å²) in [4.78, 5) is 27.3. The molecule has 1 fully saturated rings. The van der Waals surface area contributed by atoms with Gasteiger partial charge in [0.05, 0.1) is 12.1 Å². The second-order valence-electron chi connectivity index (χ2n) is 7.57. The number of amides is 2. The van der Waals surface area contributed by atoms with E-state index in [1.807, 2.05) is 0 Å². The Morgan fingerprint density at radius 2 is 2.00 bits per heavy atom. The van der Waals surface area contributed by atoms with E-state index >= 15 is 0 Å². The van der Waals surface area contributed by atoms with Crippen LogP contribution in [-0.2, 0) is 22.8 Å². The third-order valence-electron chi connectivity index (χ3n) is 5.27. The number of rotatable bonds is 7. The van der Waals surface area contributed by atoms with Crippen LogP contribution in [-0.4, -0.2) is 27.9 Å². The number of aromatic nitrogens is 1. The number of alkyl halides is 1. The van der Waals surface area contributed by atoms with E-state index in [0.717, 1.165) is 0 Å². The highest BCUT2D eigenvalue weighted by Crippen LogP contribution is 2.33. The molecular formula is C23H21ClFN5O3. The molecular weight excluding hydrogens is 449 g/mol. The number of phenols is 1. The molecule has 33 heavy (non-hydrogen) atoms. The molecule has 10 heteroatoms. The van der Waals surface area contributed by atoms with Gasteiger partial charge in [0.2, 0.25) is 11.8 Å². The summed E-state index contributed by atoms with van der Waals surface area (Å²) >= 11 is 5.94. The third-order valence-corrected chi connectivity index (χ3v) is 5.50. The molecule has 6 N–H and O–H groups in total. The molecule has 2 amide bonds. The van der Waals surface area contributed by atoms with E-state index in [1.54, 1.807) is 42.5 Å². The van der Waals surface area contributed by atoms with E-state index in [2.05, 4.69) is 20.9 Å². The van der Waals surface area contributed by atoms with Gasteiger partial charge >= 0.3 is 0 Å². The third kappa shape index (κ3) is 4.98. The zero-order valence-corrected chi connectivity index (χ0v) is 18.1. The summed E-state index contributed by atoms with van der Waals surface area (Å²) in [6.45, 7) is -0.530. The van der Waals surface area contributed by atoms with Crippen molar-refractivity contribution in [2.75, 3.05) is 11.1 Å².